The average Bonchev–Trinajstić information content (AvgIpc) is 2.35. The summed E-state index contributed by atoms with van der Waals surface area (Å²) in [6, 6.07) is -1.36. The first-order chi connectivity index (χ1) is 8.77. The molecule has 9 nitrogen and oxygen atoms in total. The van der Waals surface area contributed by atoms with Crippen LogP contribution in [-0.4, -0.2) is 67.7 Å². The van der Waals surface area contributed by atoms with Gasteiger partial charge in [-0.15, -0.1) is 0 Å². The number of rotatable bonds is 5. The van der Waals surface area contributed by atoms with Crippen LogP contribution in [0.4, 0.5) is 0 Å². The van der Waals surface area contributed by atoms with Gasteiger partial charge in [0.2, 0.25) is 15.9 Å². The number of sulfonamides is 1. The number of hydrogen-bond acceptors (Lipinski definition) is 6. The van der Waals surface area contributed by atoms with Crippen LogP contribution in [0, 0.1) is 0 Å². The third-order valence-corrected chi connectivity index (χ3v) is 4.39. The molecule has 1 fully saturated rings. The minimum absolute atomic E-state index is 0.300. The fraction of sp³-hybridized carbons (Fsp3) is 0.667. The van der Waals surface area contributed by atoms with E-state index < -0.39 is 52.6 Å². The van der Waals surface area contributed by atoms with E-state index in [0.29, 0.717) is 4.31 Å². The van der Waals surface area contributed by atoms with Crippen LogP contribution in [0.1, 0.15) is 6.42 Å². The van der Waals surface area contributed by atoms with Crippen molar-refractivity contribution in [2.75, 3.05) is 26.0 Å². The van der Waals surface area contributed by atoms with Crippen molar-refractivity contribution in [1.29, 1.82) is 0 Å². The van der Waals surface area contributed by atoms with Crippen molar-refractivity contribution >= 4 is 27.9 Å². The molecule has 1 atom stereocenters. The number of carbonyl (C=O) groups is 3. The van der Waals surface area contributed by atoms with Gasteiger partial charge in [0, 0.05) is 6.54 Å². The molecule has 19 heavy (non-hydrogen) atoms. The van der Waals surface area contributed by atoms with Gasteiger partial charge in [0.15, 0.2) is 0 Å². The third kappa shape index (κ3) is 3.89. The minimum atomic E-state index is -4.02. The Bertz CT molecular complexity index is 487. The highest BCUT2D eigenvalue weighted by Crippen LogP contribution is 2.12. The molecule has 1 amide bonds. The molecule has 1 unspecified atom stereocenters. The molecule has 0 aromatic rings. The average molecular weight is 294 g/mol. The molecule has 0 aliphatic carbocycles. The molecule has 1 rings (SSSR count). The summed E-state index contributed by atoms with van der Waals surface area (Å²) in [5.41, 5.74) is 0. The molecule has 10 heteroatoms. The largest absolute Gasteiger partial charge is 0.480 e. The van der Waals surface area contributed by atoms with Crippen molar-refractivity contribution in [2.24, 2.45) is 0 Å². The number of amides is 1. The molecule has 1 heterocycles. The summed E-state index contributed by atoms with van der Waals surface area (Å²) in [5, 5.41) is 11.2. The SMILES string of the molecule is COC(=O)CCS(=O)(=O)N1CC(=O)NCC1C(=O)O. The van der Waals surface area contributed by atoms with Gasteiger partial charge in [0.05, 0.1) is 25.8 Å². The number of aliphatic carboxylic acids is 1. The van der Waals surface area contributed by atoms with Crippen molar-refractivity contribution in [3.8, 4) is 0 Å². The first-order valence-electron chi connectivity index (χ1n) is 5.33. The Labute approximate surface area is 109 Å². The zero-order valence-corrected chi connectivity index (χ0v) is 11.0. The van der Waals surface area contributed by atoms with Crippen LogP contribution in [0.5, 0.6) is 0 Å². The fourth-order valence-corrected chi connectivity index (χ4v) is 3.08. The first-order valence-corrected chi connectivity index (χ1v) is 6.94. The summed E-state index contributed by atoms with van der Waals surface area (Å²) < 4.78 is 28.8. The lowest BCUT2D eigenvalue weighted by Crippen LogP contribution is -2.59. The van der Waals surface area contributed by atoms with Crippen LogP contribution >= 0.6 is 0 Å². The summed E-state index contributed by atoms with van der Waals surface area (Å²) in [5.74, 6) is -3.27. The Morgan fingerprint density at radius 3 is 2.68 bits per heavy atom. The van der Waals surface area contributed by atoms with Crippen molar-refractivity contribution in [2.45, 2.75) is 12.5 Å². The van der Waals surface area contributed by atoms with E-state index in [-0.39, 0.29) is 6.54 Å². The number of esters is 1. The molecule has 0 bridgehead atoms. The van der Waals surface area contributed by atoms with Gasteiger partial charge in [-0.25, -0.2) is 8.42 Å². The van der Waals surface area contributed by atoms with Crippen molar-refractivity contribution in [3.63, 3.8) is 0 Å². The summed E-state index contributed by atoms with van der Waals surface area (Å²) in [4.78, 5) is 33.1. The molecule has 0 aromatic carbocycles. The maximum Gasteiger partial charge on any atom is 0.323 e. The number of nitrogens with zero attached hydrogens (tertiary/aromatic N) is 1. The fourth-order valence-electron chi connectivity index (χ4n) is 1.55. The zero-order chi connectivity index (χ0) is 14.6. The highest BCUT2D eigenvalue weighted by molar-refractivity contribution is 7.89. The molecular weight excluding hydrogens is 280 g/mol. The molecule has 0 spiro atoms. The monoisotopic (exact) mass is 294 g/mol. The third-order valence-electron chi connectivity index (χ3n) is 2.57. The van der Waals surface area contributed by atoms with Gasteiger partial charge in [0.25, 0.3) is 0 Å². The normalized spacial score (nSPS) is 20.7. The highest BCUT2D eigenvalue weighted by Gasteiger charge is 2.39. The second-order valence-corrected chi connectivity index (χ2v) is 5.89. The van der Waals surface area contributed by atoms with Crippen molar-refractivity contribution in [1.82, 2.24) is 9.62 Å². The molecule has 1 aliphatic rings. The topological polar surface area (TPSA) is 130 Å². The van der Waals surface area contributed by atoms with Crippen LogP contribution in [0.25, 0.3) is 0 Å². The lowest BCUT2D eigenvalue weighted by molar-refractivity contribution is -0.143. The molecule has 2 N–H and O–H groups in total. The van der Waals surface area contributed by atoms with Gasteiger partial charge in [-0.1, -0.05) is 0 Å². The number of methoxy groups -OCH3 is 1. The van der Waals surface area contributed by atoms with E-state index in [9.17, 15) is 22.8 Å². The summed E-state index contributed by atoms with van der Waals surface area (Å²) >= 11 is 0. The van der Waals surface area contributed by atoms with Gasteiger partial charge in [-0.05, 0) is 0 Å². The number of carboxylic acids is 1. The summed E-state index contributed by atoms with van der Waals surface area (Å²) in [6.07, 6.45) is -0.400. The van der Waals surface area contributed by atoms with Crippen LogP contribution in [0.15, 0.2) is 0 Å². The van der Waals surface area contributed by atoms with Gasteiger partial charge in [-0.2, -0.15) is 4.31 Å². The predicted molar refractivity (Wildman–Crippen MR) is 61.6 cm³/mol. The molecule has 108 valence electrons. The van der Waals surface area contributed by atoms with Gasteiger partial charge in [-0.3, -0.25) is 14.4 Å². The first kappa shape index (κ1) is 15.4. The summed E-state index contributed by atoms with van der Waals surface area (Å²) in [7, 11) is -2.91. The maximum atomic E-state index is 11.9. The molecule has 1 aliphatic heterocycles. The highest BCUT2D eigenvalue weighted by atomic mass is 32.2. The van der Waals surface area contributed by atoms with E-state index in [1.807, 2.05) is 0 Å². The Balaban J connectivity index is 2.85. The number of carbonyl (C=O) groups excluding carboxylic acids is 2. The van der Waals surface area contributed by atoms with Crippen LogP contribution in [0.3, 0.4) is 0 Å². The molecule has 0 saturated carbocycles. The van der Waals surface area contributed by atoms with Crippen LogP contribution in [-0.2, 0) is 29.1 Å². The zero-order valence-electron chi connectivity index (χ0n) is 10.2. The lowest BCUT2D eigenvalue weighted by Gasteiger charge is -2.31. The van der Waals surface area contributed by atoms with Gasteiger partial charge in [0.1, 0.15) is 6.04 Å². The van der Waals surface area contributed by atoms with E-state index >= 15 is 0 Å². The predicted octanol–water partition coefficient (Wildman–Crippen LogP) is -2.24. The lowest BCUT2D eigenvalue weighted by atomic mass is 10.2. The number of nitrogens with one attached hydrogen (secondary N) is 1. The standard InChI is InChI=1S/C9H14N2O7S/c1-18-8(13)2-3-19(16,17)11-5-7(12)10-4-6(11)9(14)15/h6H,2-5H2,1H3,(H,10,12)(H,14,15). The molecular formula is C9H14N2O7S. The van der Waals surface area contributed by atoms with E-state index in [1.54, 1.807) is 0 Å². The second kappa shape index (κ2) is 5.97. The second-order valence-electron chi connectivity index (χ2n) is 3.85. The number of hydrogen-bond donors (Lipinski definition) is 2. The Morgan fingerprint density at radius 1 is 1.53 bits per heavy atom. The Morgan fingerprint density at radius 2 is 2.16 bits per heavy atom. The maximum absolute atomic E-state index is 11.9. The smallest absolute Gasteiger partial charge is 0.323 e. The van der Waals surface area contributed by atoms with E-state index in [0.717, 1.165) is 7.11 Å². The van der Waals surface area contributed by atoms with E-state index in [2.05, 4.69) is 10.1 Å². The minimum Gasteiger partial charge on any atom is -0.480 e. The van der Waals surface area contributed by atoms with Crippen LogP contribution < -0.4 is 5.32 Å². The van der Waals surface area contributed by atoms with Crippen molar-refractivity contribution < 1.29 is 32.6 Å². The van der Waals surface area contributed by atoms with E-state index in [1.165, 1.54) is 0 Å². The number of carboxylic acid groups (broad SMARTS) is 1. The van der Waals surface area contributed by atoms with Crippen LogP contribution in [0.2, 0.25) is 0 Å². The summed E-state index contributed by atoms with van der Waals surface area (Å²) in [6.45, 7) is -0.869. The number of ether oxygens (including phenoxy) is 1. The molecule has 0 aromatic heterocycles. The Hall–Kier alpha value is -1.68. The Kier molecular flexibility index (Phi) is 4.84. The molecule has 0 radical (unpaired) electrons. The van der Waals surface area contributed by atoms with Gasteiger partial charge >= 0.3 is 11.9 Å². The van der Waals surface area contributed by atoms with E-state index in [4.69, 9.17) is 5.11 Å². The quantitative estimate of drug-likeness (QED) is 0.548. The van der Waals surface area contributed by atoms with Gasteiger partial charge < -0.3 is 15.2 Å². The number of piperazine rings is 1. The molecule has 1 saturated heterocycles. The van der Waals surface area contributed by atoms with Crippen molar-refractivity contribution in [3.05, 3.63) is 0 Å².